The zero-order valence-corrected chi connectivity index (χ0v) is 13.7. The summed E-state index contributed by atoms with van der Waals surface area (Å²) in [5.41, 5.74) is 4.02. The average molecular weight is 278 g/mol. The van der Waals surface area contributed by atoms with Crippen molar-refractivity contribution < 1.29 is 4.74 Å². The minimum Gasteiger partial charge on any atom is -0.383 e. The molecule has 3 nitrogen and oxygen atoms in total. The van der Waals surface area contributed by atoms with E-state index >= 15 is 0 Å². The standard InChI is InChI=1S/C17H30N2O/c1-14(2)8-10-19(4)17-7-6-16(15(3)12-17)13-18-9-11-20-5/h6-7,12,14,18H,8-11,13H2,1-5H3. The normalized spacial score (nSPS) is 11.1. The van der Waals surface area contributed by atoms with E-state index in [1.807, 2.05) is 0 Å². The summed E-state index contributed by atoms with van der Waals surface area (Å²) in [7, 11) is 3.91. The van der Waals surface area contributed by atoms with Crippen LogP contribution in [0.4, 0.5) is 5.69 Å². The van der Waals surface area contributed by atoms with Crippen LogP contribution in [0.1, 0.15) is 31.4 Å². The van der Waals surface area contributed by atoms with Gasteiger partial charge in [0.25, 0.3) is 0 Å². The smallest absolute Gasteiger partial charge is 0.0587 e. The molecule has 114 valence electrons. The van der Waals surface area contributed by atoms with Gasteiger partial charge < -0.3 is 15.0 Å². The van der Waals surface area contributed by atoms with Crippen molar-refractivity contribution in [2.24, 2.45) is 5.92 Å². The van der Waals surface area contributed by atoms with E-state index in [-0.39, 0.29) is 0 Å². The summed E-state index contributed by atoms with van der Waals surface area (Å²) in [6.45, 7) is 10.4. The molecule has 0 atom stereocenters. The summed E-state index contributed by atoms with van der Waals surface area (Å²) >= 11 is 0. The van der Waals surface area contributed by atoms with Gasteiger partial charge in [0.2, 0.25) is 0 Å². The monoisotopic (exact) mass is 278 g/mol. The van der Waals surface area contributed by atoms with Crippen LogP contribution < -0.4 is 10.2 Å². The first-order chi connectivity index (χ1) is 9.54. The van der Waals surface area contributed by atoms with Crippen LogP contribution in [0.25, 0.3) is 0 Å². The number of ether oxygens (including phenoxy) is 1. The molecule has 0 aliphatic rings. The Hall–Kier alpha value is -1.06. The Morgan fingerprint density at radius 2 is 2.05 bits per heavy atom. The van der Waals surface area contributed by atoms with Crippen molar-refractivity contribution >= 4 is 5.69 Å². The number of nitrogens with one attached hydrogen (secondary N) is 1. The van der Waals surface area contributed by atoms with Gasteiger partial charge in [0, 0.05) is 39.5 Å². The molecule has 1 aromatic carbocycles. The Labute approximate surface area is 124 Å². The van der Waals surface area contributed by atoms with E-state index in [0.717, 1.165) is 32.2 Å². The van der Waals surface area contributed by atoms with Crippen molar-refractivity contribution in [2.45, 2.75) is 33.7 Å². The first-order valence-electron chi connectivity index (χ1n) is 7.55. The topological polar surface area (TPSA) is 24.5 Å². The van der Waals surface area contributed by atoms with Gasteiger partial charge in [-0.05, 0) is 42.5 Å². The second-order valence-electron chi connectivity index (χ2n) is 5.88. The van der Waals surface area contributed by atoms with Crippen LogP contribution in [-0.4, -0.2) is 33.9 Å². The maximum absolute atomic E-state index is 5.04. The first kappa shape index (κ1) is 17.0. The molecule has 0 aromatic heterocycles. The summed E-state index contributed by atoms with van der Waals surface area (Å²) in [5, 5.41) is 3.39. The largest absolute Gasteiger partial charge is 0.383 e. The highest BCUT2D eigenvalue weighted by molar-refractivity contribution is 5.50. The zero-order valence-electron chi connectivity index (χ0n) is 13.7. The lowest BCUT2D eigenvalue weighted by molar-refractivity contribution is 0.199. The summed E-state index contributed by atoms with van der Waals surface area (Å²) in [6.07, 6.45) is 1.23. The van der Waals surface area contributed by atoms with E-state index < -0.39 is 0 Å². The summed E-state index contributed by atoms with van der Waals surface area (Å²) < 4.78 is 5.04. The van der Waals surface area contributed by atoms with Crippen molar-refractivity contribution in [3.8, 4) is 0 Å². The maximum atomic E-state index is 5.04. The van der Waals surface area contributed by atoms with Gasteiger partial charge in [-0.15, -0.1) is 0 Å². The molecule has 0 saturated heterocycles. The van der Waals surface area contributed by atoms with Crippen LogP contribution in [0.2, 0.25) is 0 Å². The first-order valence-corrected chi connectivity index (χ1v) is 7.55. The van der Waals surface area contributed by atoms with Gasteiger partial charge in [0.15, 0.2) is 0 Å². The lowest BCUT2D eigenvalue weighted by Gasteiger charge is -2.21. The van der Waals surface area contributed by atoms with Crippen LogP contribution in [0, 0.1) is 12.8 Å². The van der Waals surface area contributed by atoms with E-state index in [4.69, 9.17) is 4.74 Å². The Balaban J connectivity index is 2.53. The van der Waals surface area contributed by atoms with Gasteiger partial charge in [-0.1, -0.05) is 19.9 Å². The number of hydrogen-bond acceptors (Lipinski definition) is 3. The molecule has 0 saturated carbocycles. The van der Waals surface area contributed by atoms with Crippen molar-refractivity contribution in [1.29, 1.82) is 0 Å². The second-order valence-corrected chi connectivity index (χ2v) is 5.88. The Kier molecular flexibility index (Phi) is 7.63. The van der Waals surface area contributed by atoms with Gasteiger partial charge in [-0.3, -0.25) is 0 Å². The van der Waals surface area contributed by atoms with Gasteiger partial charge in [0.1, 0.15) is 0 Å². The SMILES string of the molecule is COCCNCc1ccc(N(C)CCC(C)C)cc1C. The maximum Gasteiger partial charge on any atom is 0.0587 e. The molecule has 0 amide bonds. The van der Waals surface area contributed by atoms with E-state index in [9.17, 15) is 0 Å². The molecule has 0 bridgehead atoms. The Morgan fingerprint density at radius 1 is 1.30 bits per heavy atom. The van der Waals surface area contributed by atoms with Gasteiger partial charge >= 0.3 is 0 Å². The fourth-order valence-corrected chi connectivity index (χ4v) is 2.09. The number of aryl methyl sites for hydroxylation is 1. The van der Waals surface area contributed by atoms with Gasteiger partial charge in [-0.2, -0.15) is 0 Å². The molecule has 0 fully saturated rings. The fourth-order valence-electron chi connectivity index (χ4n) is 2.09. The molecule has 0 aliphatic heterocycles. The molecule has 20 heavy (non-hydrogen) atoms. The minimum absolute atomic E-state index is 0.753. The van der Waals surface area contributed by atoms with Crippen molar-refractivity contribution in [2.75, 3.05) is 38.8 Å². The van der Waals surface area contributed by atoms with Crippen molar-refractivity contribution in [3.63, 3.8) is 0 Å². The Bertz CT molecular complexity index is 391. The number of nitrogens with zero attached hydrogens (tertiary/aromatic N) is 1. The van der Waals surface area contributed by atoms with Crippen LogP contribution in [-0.2, 0) is 11.3 Å². The lowest BCUT2D eigenvalue weighted by Crippen LogP contribution is -2.21. The van der Waals surface area contributed by atoms with E-state index in [1.165, 1.54) is 23.2 Å². The molecular weight excluding hydrogens is 248 g/mol. The molecule has 0 heterocycles. The minimum atomic E-state index is 0.753. The molecule has 1 rings (SSSR count). The zero-order chi connectivity index (χ0) is 15.0. The molecule has 0 unspecified atom stereocenters. The molecule has 3 heteroatoms. The van der Waals surface area contributed by atoms with E-state index in [0.29, 0.717) is 0 Å². The predicted octanol–water partition coefficient (Wildman–Crippen LogP) is 3.21. The van der Waals surface area contributed by atoms with Crippen LogP contribution >= 0.6 is 0 Å². The molecule has 1 aromatic rings. The summed E-state index contributed by atoms with van der Waals surface area (Å²) in [6, 6.07) is 6.74. The third kappa shape index (κ3) is 5.93. The third-order valence-corrected chi connectivity index (χ3v) is 3.61. The highest BCUT2D eigenvalue weighted by atomic mass is 16.5. The second kappa shape index (κ2) is 8.98. The highest BCUT2D eigenvalue weighted by Gasteiger charge is 2.05. The summed E-state index contributed by atoms with van der Waals surface area (Å²) in [5.74, 6) is 0.753. The number of rotatable bonds is 9. The van der Waals surface area contributed by atoms with Crippen molar-refractivity contribution in [3.05, 3.63) is 29.3 Å². The quantitative estimate of drug-likeness (QED) is 0.702. The predicted molar refractivity (Wildman–Crippen MR) is 87.5 cm³/mol. The van der Waals surface area contributed by atoms with E-state index in [1.54, 1.807) is 7.11 Å². The molecule has 0 aliphatic carbocycles. The number of hydrogen-bond donors (Lipinski definition) is 1. The Morgan fingerprint density at radius 3 is 2.65 bits per heavy atom. The number of methoxy groups -OCH3 is 1. The average Bonchev–Trinajstić information content (AvgIpc) is 2.42. The fraction of sp³-hybridized carbons (Fsp3) is 0.647. The lowest BCUT2D eigenvalue weighted by atomic mass is 10.1. The van der Waals surface area contributed by atoms with Gasteiger partial charge in [-0.25, -0.2) is 0 Å². The molecule has 0 radical (unpaired) electrons. The number of anilines is 1. The summed E-state index contributed by atoms with van der Waals surface area (Å²) in [4.78, 5) is 2.34. The number of benzene rings is 1. The van der Waals surface area contributed by atoms with Gasteiger partial charge in [0.05, 0.1) is 6.61 Å². The highest BCUT2D eigenvalue weighted by Crippen LogP contribution is 2.19. The van der Waals surface area contributed by atoms with Crippen LogP contribution in [0.3, 0.4) is 0 Å². The van der Waals surface area contributed by atoms with Crippen molar-refractivity contribution in [1.82, 2.24) is 5.32 Å². The molecule has 1 N–H and O–H groups in total. The third-order valence-electron chi connectivity index (χ3n) is 3.61. The van der Waals surface area contributed by atoms with Crippen LogP contribution in [0.5, 0.6) is 0 Å². The van der Waals surface area contributed by atoms with Crippen LogP contribution in [0.15, 0.2) is 18.2 Å². The molecule has 0 spiro atoms. The molecular formula is C17H30N2O. The van der Waals surface area contributed by atoms with E-state index in [2.05, 4.69) is 56.2 Å².